The maximum Gasteiger partial charge on any atom is 0.159 e. The van der Waals surface area contributed by atoms with Crippen molar-refractivity contribution in [3.8, 4) is 0 Å². The number of carbonyl (C=O) groups excluding carboxylic acids is 1. The van der Waals surface area contributed by atoms with Crippen LogP contribution in [0.1, 0.15) is 46.0 Å². The van der Waals surface area contributed by atoms with E-state index in [9.17, 15) is 4.79 Å². The molecule has 0 aromatic carbocycles. The molecular formula is C12H16O. The van der Waals surface area contributed by atoms with Crippen LogP contribution in [0.25, 0.3) is 0 Å². The average Bonchev–Trinajstić information content (AvgIpc) is 2.37. The van der Waals surface area contributed by atoms with Crippen LogP contribution < -0.4 is 0 Å². The van der Waals surface area contributed by atoms with Crippen LogP contribution >= 0.6 is 0 Å². The van der Waals surface area contributed by atoms with Gasteiger partial charge in [-0.1, -0.05) is 16.7 Å². The maximum absolute atomic E-state index is 11.5. The molecule has 2 aliphatic rings. The van der Waals surface area contributed by atoms with Gasteiger partial charge in [-0.2, -0.15) is 0 Å². The molecule has 0 amide bonds. The molecule has 0 saturated heterocycles. The van der Waals surface area contributed by atoms with Gasteiger partial charge in [0.25, 0.3) is 0 Å². The topological polar surface area (TPSA) is 17.1 Å². The van der Waals surface area contributed by atoms with Gasteiger partial charge in [0, 0.05) is 6.42 Å². The zero-order valence-electron chi connectivity index (χ0n) is 8.44. The molecule has 1 heteroatoms. The van der Waals surface area contributed by atoms with Crippen molar-refractivity contribution < 1.29 is 4.79 Å². The number of hydrogen-bond donors (Lipinski definition) is 0. The van der Waals surface area contributed by atoms with E-state index in [-0.39, 0.29) is 0 Å². The monoisotopic (exact) mass is 176 g/mol. The van der Waals surface area contributed by atoms with E-state index in [0.29, 0.717) is 5.78 Å². The number of carbonyl (C=O) groups is 1. The largest absolute Gasteiger partial charge is 0.295 e. The molecule has 0 heterocycles. The van der Waals surface area contributed by atoms with Crippen LogP contribution in [0.15, 0.2) is 22.3 Å². The van der Waals surface area contributed by atoms with Gasteiger partial charge in [0.2, 0.25) is 0 Å². The molecule has 0 saturated carbocycles. The molecule has 70 valence electrons. The van der Waals surface area contributed by atoms with Crippen LogP contribution in [-0.2, 0) is 4.79 Å². The van der Waals surface area contributed by atoms with E-state index in [1.54, 1.807) is 0 Å². The lowest BCUT2D eigenvalue weighted by molar-refractivity contribution is -0.115. The Labute approximate surface area is 79.5 Å². The summed E-state index contributed by atoms with van der Waals surface area (Å²) >= 11 is 0. The van der Waals surface area contributed by atoms with Gasteiger partial charge in [0.05, 0.1) is 0 Å². The van der Waals surface area contributed by atoms with Gasteiger partial charge in [-0.05, 0) is 45.1 Å². The Morgan fingerprint density at radius 1 is 0.923 bits per heavy atom. The number of Topliss-reactive ketones (excluding diaryl/α,β-unsaturated/α-hetero) is 1. The molecular weight excluding hydrogens is 160 g/mol. The minimum absolute atomic E-state index is 0.407. The fourth-order valence-electron chi connectivity index (χ4n) is 2.23. The lowest BCUT2D eigenvalue weighted by Crippen LogP contribution is -1.96. The van der Waals surface area contributed by atoms with Gasteiger partial charge in [-0.15, -0.1) is 0 Å². The summed E-state index contributed by atoms with van der Waals surface area (Å²) in [7, 11) is 0. The van der Waals surface area contributed by atoms with Crippen molar-refractivity contribution in [3.63, 3.8) is 0 Å². The van der Waals surface area contributed by atoms with Gasteiger partial charge in [0.1, 0.15) is 0 Å². The molecule has 0 unspecified atom stereocenters. The van der Waals surface area contributed by atoms with E-state index in [1.807, 2.05) is 0 Å². The third-order valence-electron chi connectivity index (χ3n) is 3.39. The number of ketones is 1. The first-order valence-electron chi connectivity index (χ1n) is 5.08. The fourth-order valence-corrected chi connectivity index (χ4v) is 2.23. The molecule has 0 fully saturated rings. The van der Waals surface area contributed by atoms with Crippen molar-refractivity contribution in [2.45, 2.75) is 46.0 Å². The highest BCUT2D eigenvalue weighted by Gasteiger charge is 2.24. The van der Waals surface area contributed by atoms with Gasteiger partial charge >= 0.3 is 0 Å². The second-order valence-electron chi connectivity index (χ2n) is 4.24. The Hall–Kier alpha value is -0.850. The first-order chi connectivity index (χ1) is 6.18. The predicted molar refractivity (Wildman–Crippen MR) is 53.5 cm³/mol. The summed E-state index contributed by atoms with van der Waals surface area (Å²) in [4.78, 5) is 11.5. The summed E-state index contributed by atoms with van der Waals surface area (Å²) in [6, 6.07) is 0. The van der Waals surface area contributed by atoms with Gasteiger partial charge in [0.15, 0.2) is 5.78 Å². The normalized spacial score (nSPS) is 23.7. The number of rotatable bonds is 0. The van der Waals surface area contributed by atoms with Crippen LogP contribution in [0, 0.1) is 0 Å². The van der Waals surface area contributed by atoms with E-state index >= 15 is 0 Å². The molecule has 0 bridgehead atoms. The molecule has 0 aliphatic heterocycles. The Bertz CT molecular complexity index is 318. The van der Waals surface area contributed by atoms with Crippen LogP contribution in [0.2, 0.25) is 0 Å². The van der Waals surface area contributed by atoms with Crippen molar-refractivity contribution in [2.24, 2.45) is 0 Å². The third kappa shape index (κ3) is 1.48. The molecule has 2 aliphatic carbocycles. The van der Waals surface area contributed by atoms with Crippen molar-refractivity contribution in [1.82, 2.24) is 0 Å². The van der Waals surface area contributed by atoms with Gasteiger partial charge in [-0.25, -0.2) is 0 Å². The second-order valence-corrected chi connectivity index (χ2v) is 4.24. The molecule has 13 heavy (non-hydrogen) atoms. The Morgan fingerprint density at radius 2 is 1.62 bits per heavy atom. The van der Waals surface area contributed by atoms with Gasteiger partial charge in [-0.3, -0.25) is 4.79 Å². The molecule has 0 spiro atoms. The van der Waals surface area contributed by atoms with Gasteiger partial charge < -0.3 is 0 Å². The predicted octanol–water partition coefficient (Wildman–Crippen LogP) is 3.17. The lowest BCUT2D eigenvalue weighted by Gasteiger charge is -2.03. The highest BCUT2D eigenvalue weighted by Crippen LogP contribution is 2.35. The van der Waals surface area contributed by atoms with Crippen molar-refractivity contribution in [2.75, 3.05) is 0 Å². The summed E-state index contributed by atoms with van der Waals surface area (Å²) in [5.74, 6) is 0.407. The SMILES string of the molecule is CC1=C(C)CC2=C(CCC2=O)CC1. The summed E-state index contributed by atoms with van der Waals surface area (Å²) in [6.45, 7) is 4.36. The molecule has 0 atom stereocenters. The summed E-state index contributed by atoms with van der Waals surface area (Å²) in [6.07, 6.45) is 5.04. The summed E-state index contributed by atoms with van der Waals surface area (Å²) in [5, 5.41) is 0. The zero-order valence-corrected chi connectivity index (χ0v) is 8.44. The Morgan fingerprint density at radius 3 is 2.38 bits per heavy atom. The van der Waals surface area contributed by atoms with E-state index < -0.39 is 0 Å². The van der Waals surface area contributed by atoms with Crippen molar-refractivity contribution >= 4 is 5.78 Å². The van der Waals surface area contributed by atoms with Crippen LogP contribution in [0.3, 0.4) is 0 Å². The van der Waals surface area contributed by atoms with Crippen molar-refractivity contribution in [1.29, 1.82) is 0 Å². The quantitative estimate of drug-likeness (QED) is 0.518. The van der Waals surface area contributed by atoms with E-state index in [0.717, 1.165) is 37.7 Å². The third-order valence-corrected chi connectivity index (χ3v) is 3.39. The van der Waals surface area contributed by atoms with E-state index in [2.05, 4.69) is 13.8 Å². The molecule has 0 radical (unpaired) electrons. The van der Waals surface area contributed by atoms with Crippen LogP contribution in [0.5, 0.6) is 0 Å². The minimum atomic E-state index is 0.407. The average molecular weight is 176 g/mol. The van der Waals surface area contributed by atoms with Crippen LogP contribution in [0.4, 0.5) is 0 Å². The lowest BCUT2D eigenvalue weighted by atomic mass is 10.0. The number of hydrogen-bond acceptors (Lipinski definition) is 1. The highest BCUT2D eigenvalue weighted by atomic mass is 16.1. The highest BCUT2D eigenvalue weighted by molar-refractivity contribution is 5.99. The fraction of sp³-hybridized carbons (Fsp3) is 0.583. The zero-order chi connectivity index (χ0) is 9.42. The first kappa shape index (κ1) is 8.74. The molecule has 0 N–H and O–H groups in total. The van der Waals surface area contributed by atoms with E-state index in [4.69, 9.17) is 0 Å². The summed E-state index contributed by atoms with van der Waals surface area (Å²) in [5.41, 5.74) is 5.50. The molecule has 2 rings (SSSR count). The Balaban J connectivity index is 2.31. The second kappa shape index (κ2) is 3.13. The Kier molecular flexibility index (Phi) is 2.10. The smallest absolute Gasteiger partial charge is 0.159 e. The van der Waals surface area contributed by atoms with Crippen LogP contribution in [-0.4, -0.2) is 5.78 Å². The van der Waals surface area contributed by atoms with Crippen molar-refractivity contribution in [3.05, 3.63) is 22.3 Å². The standard InChI is InChI=1S/C12H16O/c1-8-3-4-10-5-6-12(13)11(10)7-9(8)2/h3-7H2,1-2H3. The molecule has 0 aromatic heterocycles. The molecule has 1 nitrogen and oxygen atoms in total. The van der Waals surface area contributed by atoms with E-state index in [1.165, 1.54) is 16.7 Å². The summed E-state index contributed by atoms with van der Waals surface area (Å²) < 4.78 is 0. The maximum atomic E-state index is 11.5. The number of allylic oxidation sites excluding steroid dienone is 4. The molecule has 0 aromatic rings. The minimum Gasteiger partial charge on any atom is -0.295 e. The first-order valence-corrected chi connectivity index (χ1v) is 5.08.